The van der Waals surface area contributed by atoms with Gasteiger partial charge in [0.15, 0.2) is 16.4 Å². The number of rotatable bonds is 6. The molecule has 0 amide bonds. The molecule has 0 saturated heterocycles. The molecule has 0 unspecified atom stereocenters. The van der Waals surface area contributed by atoms with Crippen molar-refractivity contribution in [1.82, 2.24) is 9.97 Å². The van der Waals surface area contributed by atoms with Crippen molar-refractivity contribution in [2.45, 2.75) is 37.0 Å². The van der Waals surface area contributed by atoms with Gasteiger partial charge in [-0.1, -0.05) is 13.0 Å². The first-order valence-electron chi connectivity index (χ1n) is 8.34. The Bertz CT molecular complexity index is 1070. The van der Waals surface area contributed by atoms with Gasteiger partial charge in [-0.05, 0) is 19.1 Å². The van der Waals surface area contributed by atoms with Crippen LogP contribution in [-0.4, -0.2) is 42.8 Å². The van der Waals surface area contributed by atoms with E-state index in [1.54, 1.807) is 0 Å². The summed E-state index contributed by atoms with van der Waals surface area (Å²) in [6.45, 7) is 0.220. The van der Waals surface area contributed by atoms with Crippen molar-refractivity contribution in [3.05, 3.63) is 35.7 Å². The molecule has 0 spiro atoms. The lowest BCUT2D eigenvalue weighted by molar-refractivity contribution is -0.290. The summed E-state index contributed by atoms with van der Waals surface area (Å²) in [5.74, 6) is -6.48. The maximum atomic E-state index is 13.1. The van der Waals surface area contributed by atoms with Crippen LogP contribution in [0.3, 0.4) is 0 Å². The number of hydrogen-bond acceptors (Lipinski definition) is 5. The van der Waals surface area contributed by atoms with Gasteiger partial charge in [0, 0.05) is 11.1 Å². The predicted octanol–water partition coefficient (Wildman–Crippen LogP) is 4.84. The van der Waals surface area contributed by atoms with E-state index in [1.807, 2.05) is 0 Å². The molecule has 0 atom stereocenters. The summed E-state index contributed by atoms with van der Waals surface area (Å²) < 4.78 is 132. The number of ether oxygens (including phenoxy) is 1. The molecule has 1 heterocycles. The SMILES string of the molecule is CCS(=O)(=O)c1cc(C(F)(F)F)ccc1-c1ncnc(OCC(F)(F)C(F)(F)F)c1C. The van der Waals surface area contributed by atoms with Crippen LogP contribution < -0.4 is 4.74 Å². The van der Waals surface area contributed by atoms with Crippen molar-refractivity contribution in [3.63, 3.8) is 0 Å². The molecule has 0 bridgehead atoms. The average molecular weight is 478 g/mol. The quantitative estimate of drug-likeness (QED) is 0.556. The van der Waals surface area contributed by atoms with Gasteiger partial charge in [0.25, 0.3) is 0 Å². The summed E-state index contributed by atoms with van der Waals surface area (Å²) in [6, 6.07) is 1.80. The van der Waals surface area contributed by atoms with Gasteiger partial charge in [0.2, 0.25) is 5.88 Å². The number of benzene rings is 1. The van der Waals surface area contributed by atoms with Crippen molar-refractivity contribution in [2.24, 2.45) is 0 Å². The molecule has 0 aliphatic heterocycles. The van der Waals surface area contributed by atoms with Crippen molar-refractivity contribution in [3.8, 4) is 17.1 Å². The Morgan fingerprint density at radius 1 is 1.00 bits per heavy atom. The molecule has 5 nitrogen and oxygen atoms in total. The minimum atomic E-state index is -5.88. The van der Waals surface area contributed by atoms with Crippen LogP contribution in [0.15, 0.2) is 29.4 Å². The van der Waals surface area contributed by atoms with Crippen LogP contribution in [0, 0.1) is 6.92 Å². The van der Waals surface area contributed by atoms with E-state index in [0.29, 0.717) is 18.5 Å². The van der Waals surface area contributed by atoms with Crippen LogP contribution in [-0.2, 0) is 16.0 Å². The second-order valence-corrected chi connectivity index (χ2v) is 8.50. The first kappa shape index (κ1) is 24.8. The third-order valence-electron chi connectivity index (χ3n) is 4.12. The van der Waals surface area contributed by atoms with Crippen LogP contribution in [0.1, 0.15) is 18.1 Å². The largest absolute Gasteiger partial charge is 0.471 e. The van der Waals surface area contributed by atoms with Gasteiger partial charge in [0.1, 0.15) is 6.33 Å². The zero-order valence-corrected chi connectivity index (χ0v) is 16.6. The number of hydrogen-bond donors (Lipinski definition) is 0. The highest BCUT2D eigenvalue weighted by Gasteiger charge is 2.58. The first-order chi connectivity index (χ1) is 14.0. The van der Waals surface area contributed by atoms with Crippen molar-refractivity contribution >= 4 is 9.84 Å². The molecule has 0 fully saturated rings. The van der Waals surface area contributed by atoms with E-state index >= 15 is 0 Å². The molecule has 0 aliphatic carbocycles. The molecule has 14 heteroatoms. The monoisotopic (exact) mass is 478 g/mol. The summed E-state index contributed by atoms with van der Waals surface area (Å²) in [5.41, 5.74) is -2.12. The second-order valence-electron chi connectivity index (χ2n) is 6.26. The lowest BCUT2D eigenvalue weighted by Gasteiger charge is -2.20. The van der Waals surface area contributed by atoms with E-state index in [2.05, 4.69) is 14.7 Å². The van der Waals surface area contributed by atoms with Crippen molar-refractivity contribution in [1.29, 1.82) is 0 Å². The lowest BCUT2D eigenvalue weighted by Crippen LogP contribution is -2.42. The molecular weight excluding hydrogens is 464 g/mol. The summed E-state index contributed by atoms with van der Waals surface area (Å²) in [5, 5.41) is 0. The van der Waals surface area contributed by atoms with Gasteiger partial charge in [-0.3, -0.25) is 0 Å². The van der Waals surface area contributed by atoms with Crippen LogP contribution in [0.4, 0.5) is 35.1 Å². The summed E-state index contributed by atoms with van der Waals surface area (Å²) in [6.07, 6.45) is -10.0. The average Bonchev–Trinajstić information content (AvgIpc) is 2.65. The summed E-state index contributed by atoms with van der Waals surface area (Å²) >= 11 is 0. The zero-order chi connectivity index (χ0) is 23.8. The number of nitrogens with zero attached hydrogens (tertiary/aromatic N) is 2. The van der Waals surface area contributed by atoms with Gasteiger partial charge in [-0.15, -0.1) is 0 Å². The van der Waals surface area contributed by atoms with E-state index in [9.17, 15) is 43.5 Å². The zero-order valence-electron chi connectivity index (χ0n) is 15.8. The van der Waals surface area contributed by atoms with Crippen LogP contribution in [0.25, 0.3) is 11.3 Å². The predicted molar refractivity (Wildman–Crippen MR) is 91.4 cm³/mol. The lowest BCUT2D eigenvalue weighted by atomic mass is 10.1. The van der Waals surface area contributed by atoms with Crippen molar-refractivity contribution < 1.29 is 48.3 Å². The highest BCUT2D eigenvalue weighted by atomic mass is 32.2. The van der Waals surface area contributed by atoms with Gasteiger partial charge in [-0.25, -0.2) is 18.4 Å². The van der Waals surface area contributed by atoms with E-state index in [0.717, 1.165) is 13.0 Å². The van der Waals surface area contributed by atoms with Gasteiger partial charge in [-0.2, -0.15) is 35.1 Å². The van der Waals surface area contributed by atoms with Gasteiger partial charge >= 0.3 is 18.3 Å². The Labute approximate surface area is 171 Å². The normalized spacial score (nSPS) is 13.4. The molecular formula is C17H14F8N2O3S. The maximum absolute atomic E-state index is 13.1. The third kappa shape index (κ3) is 5.22. The Morgan fingerprint density at radius 2 is 1.61 bits per heavy atom. The van der Waals surface area contributed by atoms with E-state index in [1.165, 1.54) is 6.92 Å². The van der Waals surface area contributed by atoms with Crippen LogP contribution in [0.5, 0.6) is 5.88 Å². The number of halogens is 8. The van der Waals surface area contributed by atoms with E-state index in [-0.39, 0.29) is 16.8 Å². The fraction of sp³-hybridized carbons (Fsp3) is 0.412. The maximum Gasteiger partial charge on any atom is 0.456 e. The molecule has 31 heavy (non-hydrogen) atoms. The number of aromatic nitrogens is 2. The Hall–Kier alpha value is -2.51. The first-order valence-corrected chi connectivity index (χ1v) is 10.00. The topological polar surface area (TPSA) is 69.2 Å². The van der Waals surface area contributed by atoms with E-state index < -0.39 is 56.8 Å². The fourth-order valence-electron chi connectivity index (χ4n) is 2.40. The molecule has 1 aromatic carbocycles. The molecule has 0 saturated carbocycles. The number of sulfone groups is 1. The second kappa shape index (κ2) is 8.20. The molecule has 0 aliphatic rings. The smallest absolute Gasteiger partial charge is 0.456 e. The van der Waals surface area contributed by atoms with Gasteiger partial charge < -0.3 is 4.74 Å². The standard InChI is InChI=1S/C17H14F8N2O3S/c1-3-31(28,29)12-6-10(16(20,21)22)4-5-11(12)13-9(2)14(27-8-26-13)30-7-15(18,19)17(23,24)25/h4-6,8H,3,7H2,1-2H3. The Morgan fingerprint density at radius 3 is 2.13 bits per heavy atom. The molecule has 1 aromatic heterocycles. The highest BCUT2D eigenvalue weighted by Crippen LogP contribution is 2.38. The summed E-state index contributed by atoms with van der Waals surface area (Å²) in [7, 11) is -4.21. The van der Waals surface area contributed by atoms with Crippen LogP contribution in [0.2, 0.25) is 0 Å². The Balaban J connectivity index is 2.59. The van der Waals surface area contributed by atoms with Gasteiger partial charge in [0.05, 0.1) is 21.9 Å². The molecule has 0 radical (unpaired) electrons. The van der Waals surface area contributed by atoms with Crippen LogP contribution >= 0.6 is 0 Å². The molecule has 2 aromatic rings. The minimum absolute atomic E-state index is 0.243. The highest BCUT2D eigenvalue weighted by molar-refractivity contribution is 7.91. The van der Waals surface area contributed by atoms with E-state index in [4.69, 9.17) is 0 Å². The van der Waals surface area contributed by atoms with Crippen molar-refractivity contribution in [2.75, 3.05) is 12.4 Å². The summed E-state index contributed by atoms with van der Waals surface area (Å²) in [4.78, 5) is 6.47. The molecule has 172 valence electrons. The fourth-order valence-corrected chi connectivity index (χ4v) is 3.52. The third-order valence-corrected chi connectivity index (χ3v) is 5.89. The Kier molecular flexibility index (Phi) is 6.55. The molecule has 2 rings (SSSR count). The number of alkyl halides is 8. The molecule has 0 N–H and O–H groups in total. The minimum Gasteiger partial charge on any atom is -0.471 e.